The average Bonchev–Trinajstić information content (AvgIpc) is 2.19. The maximum atomic E-state index is 10.2. The standard InChI is InChI=1S/C6H5O.C4H10NOP.C3H8.W/c7-6-4-2-1-3-5-6;1-4(2,7)3(5)6;1-3-2;/h2-5,7H;7H2,1-2H3,(H2,5,6);3H2,1-2H3;/q-1;;;. The molecule has 0 aliphatic rings. The van der Waals surface area contributed by atoms with Crippen LogP contribution in [-0.2, 0) is 25.9 Å². The first kappa shape index (κ1) is 22.8. The molecule has 3 nitrogen and oxygen atoms in total. The van der Waals surface area contributed by atoms with Crippen LogP contribution >= 0.6 is 9.24 Å². The first-order valence-electron chi connectivity index (χ1n) is 5.49. The summed E-state index contributed by atoms with van der Waals surface area (Å²) in [5.74, 6) is -0.00347. The number of rotatable bonds is 1. The van der Waals surface area contributed by atoms with Gasteiger partial charge in [0.2, 0.25) is 5.91 Å². The molecule has 1 amide bonds. The number of amides is 1. The van der Waals surface area contributed by atoms with E-state index in [1.165, 1.54) is 6.42 Å². The normalized spacial score (nSPS) is 8.72. The Bertz CT molecular complexity index is 300. The van der Waals surface area contributed by atoms with Gasteiger partial charge in [-0.2, -0.15) is 18.2 Å². The second-order valence-electron chi connectivity index (χ2n) is 4.05. The summed E-state index contributed by atoms with van der Waals surface area (Å²) < 4.78 is 0. The van der Waals surface area contributed by atoms with Gasteiger partial charge in [-0.15, -0.1) is 21.4 Å². The fourth-order valence-corrected chi connectivity index (χ4v) is 0.378. The van der Waals surface area contributed by atoms with E-state index in [0.29, 0.717) is 5.75 Å². The Morgan fingerprint density at radius 3 is 1.78 bits per heavy atom. The minimum absolute atomic E-state index is 0. The number of phenolic OH excluding ortho intramolecular Hbond substituents is 1. The fourth-order valence-electron chi connectivity index (χ4n) is 0.378. The molecule has 1 aromatic rings. The summed E-state index contributed by atoms with van der Waals surface area (Å²) >= 11 is 0. The summed E-state index contributed by atoms with van der Waals surface area (Å²) in [6.45, 7) is 7.75. The largest absolute Gasteiger partial charge is 0.533 e. The average molecular weight is 440 g/mol. The second-order valence-corrected chi connectivity index (χ2v) is 5.49. The van der Waals surface area contributed by atoms with Crippen molar-refractivity contribution in [2.45, 2.75) is 39.3 Å². The summed E-state index contributed by atoms with van der Waals surface area (Å²) in [7, 11) is 2.36. The first-order valence-corrected chi connectivity index (χ1v) is 6.07. The summed E-state index contributed by atoms with van der Waals surface area (Å²) in [4.78, 5) is 10.2. The van der Waals surface area contributed by atoms with E-state index in [2.05, 4.69) is 29.2 Å². The molecule has 0 aliphatic heterocycles. The van der Waals surface area contributed by atoms with E-state index in [1.54, 1.807) is 38.1 Å². The Balaban J connectivity index is -0.000000197. The van der Waals surface area contributed by atoms with Gasteiger partial charge in [0.1, 0.15) is 0 Å². The van der Waals surface area contributed by atoms with Crippen molar-refractivity contribution in [3.8, 4) is 5.75 Å². The number of carbonyl (C=O) groups is 1. The van der Waals surface area contributed by atoms with E-state index in [9.17, 15) is 4.79 Å². The van der Waals surface area contributed by atoms with Crippen LogP contribution < -0.4 is 5.73 Å². The van der Waals surface area contributed by atoms with Gasteiger partial charge in [0.05, 0.1) is 5.16 Å². The molecule has 1 unspecified atom stereocenters. The maximum Gasteiger partial charge on any atom is 0.226 e. The van der Waals surface area contributed by atoms with Crippen LogP contribution in [0, 0.1) is 6.07 Å². The molecular formula is C13H23NO2PW-. The van der Waals surface area contributed by atoms with Gasteiger partial charge >= 0.3 is 0 Å². The first-order chi connectivity index (χ1) is 7.75. The maximum absolute atomic E-state index is 10.2. The van der Waals surface area contributed by atoms with Gasteiger partial charge in [0, 0.05) is 26.8 Å². The van der Waals surface area contributed by atoms with Crippen LogP contribution in [0.1, 0.15) is 34.1 Å². The van der Waals surface area contributed by atoms with E-state index in [4.69, 9.17) is 10.8 Å². The van der Waals surface area contributed by atoms with Crippen LogP contribution in [0.5, 0.6) is 5.75 Å². The molecule has 1 aromatic carbocycles. The van der Waals surface area contributed by atoms with Gasteiger partial charge in [-0.05, 0) is 13.8 Å². The molecule has 1 rings (SSSR count). The molecule has 0 saturated carbocycles. The number of nitrogens with two attached hydrogens (primary N) is 1. The van der Waals surface area contributed by atoms with Crippen molar-refractivity contribution < 1.29 is 31.0 Å². The van der Waals surface area contributed by atoms with Crippen LogP contribution in [0.25, 0.3) is 0 Å². The molecule has 0 saturated heterocycles. The molecule has 104 valence electrons. The third-order valence-electron chi connectivity index (χ3n) is 1.34. The molecule has 1 atom stereocenters. The summed E-state index contributed by atoms with van der Waals surface area (Å²) in [6.07, 6.45) is 1.25. The number of hydrogen-bond donors (Lipinski definition) is 2. The Morgan fingerprint density at radius 2 is 1.67 bits per heavy atom. The van der Waals surface area contributed by atoms with E-state index >= 15 is 0 Å². The van der Waals surface area contributed by atoms with Crippen molar-refractivity contribution in [2.24, 2.45) is 5.73 Å². The second kappa shape index (κ2) is 13.0. The summed E-state index contributed by atoms with van der Waals surface area (Å²) in [6, 6.07) is 9.26. The molecule has 18 heavy (non-hydrogen) atoms. The SMILES string of the molecule is CC(C)(P)C(N)=O.CCC.Oc1cc[c-]cc1.[W]. The molecule has 0 aliphatic carbocycles. The van der Waals surface area contributed by atoms with Crippen molar-refractivity contribution in [3.05, 3.63) is 30.3 Å². The molecular weight excluding hydrogens is 417 g/mol. The third-order valence-corrected chi connectivity index (χ3v) is 1.62. The number of benzene rings is 1. The predicted molar refractivity (Wildman–Crippen MR) is 75.9 cm³/mol. The molecule has 3 N–H and O–H groups in total. The van der Waals surface area contributed by atoms with Gasteiger partial charge in [-0.25, -0.2) is 0 Å². The number of phenols is 1. The van der Waals surface area contributed by atoms with Crippen molar-refractivity contribution in [3.63, 3.8) is 0 Å². The number of carbonyl (C=O) groups excluding carboxylic acids is 1. The van der Waals surface area contributed by atoms with Gasteiger partial charge < -0.3 is 10.8 Å². The molecule has 0 heterocycles. The van der Waals surface area contributed by atoms with Gasteiger partial charge in [-0.3, -0.25) is 4.79 Å². The van der Waals surface area contributed by atoms with Crippen LogP contribution in [0.2, 0.25) is 0 Å². The number of aromatic hydroxyl groups is 1. The number of primary amides is 1. The van der Waals surface area contributed by atoms with E-state index < -0.39 is 5.16 Å². The molecule has 5 heteroatoms. The summed E-state index contributed by atoms with van der Waals surface area (Å²) in [5.41, 5.74) is 4.91. The minimum atomic E-state index is -0.444. The topological polar surface area (TPSA) is 63.3 Å². The molecule has 0 spiro atoms. The molecule has 0 radical (unpaired) electrons. The molecule has 0 bridgehead atoms. The summed E-state index contributed by atoms with van der Waals surface area (Å²) in [5, 5.41) is 8.17. The zero-order valence-corrected chi connectivity index (χ0v) is 15.5. The minimum Gasteiger partial charge on any atom is -0.533 e. The smallest absolute Gasteiger partial charge is 0.226 e. The van der Waals surface area contributed by atoms with E-state index in [-0.39, 0.29) is 27.0 Å². The van der Waals surface area contributed by atoms with E-state index in [0.717, 1.165) is 0 Å². The van der Waals surface area contributed by atoms with Crippen molar-refractivity contribution in [1.82, 2.24) is 0 Å². The Morgan fingerprint density at radius 1 is 1.39 bits per heavy atom. The van der Waals surface area contributed by atoms with Crippen LogP contribution in [0.4, 0.5) is 0 Å². The van der Waals surface area contributed by atoms with Gasteiger partial charge in [0.25, 0.3) is 0 Å². The van der Waals surface area contributed by atoms with Crippen molar-refractivity contribution >= 4 is 15.1 Å². The van der Waals surface area contributed by atoms with E-state index in [1.807, 2.05) is 0 Å². The van der Waals surface area contributed by atoms with Crippen LogP contribution in [0.15, 0.2) is 24.3 Å². The van der Waals surface area contributed by atoms with Crippen molar-refractivity contribution in [1.29, 1.82) is 0 Å². The zero-order valence-electron chi connectivity index (χ0n) is 11.4. The fraction of sp³-hybridized carbons (Fsp3) is 0.462. The molecule has 0 aromatic heterocycles. The van der Waals surface area contributed by atoms with Crippen molar-refractivity contribution in [2.75, 3.05) is 0 Å². The Labute approximate surface area is 127 Å². The third kappa shape index (κ3) is 18.0. The monoisotopic (exact) mass is 440 g/mol. The number of hydrogen-bond acceptors (Lipinski definition) is 2. The van der Waals surface area contributed by atoms with Gasteiger partial charge in [-0.1, -0.05) is 20.3 Å². The molecule has 0 fully saturated rings. The quantitative estimate of drug-likeness (QED) is 0.522. The predicted octanol–water partition coefficient (Wildman–Crippen LogP) is 2.73. The van der Waals surface area contributed by atoms with Gasteiger partial charge in [0.15, 0.2) is 0 Å². The van der Waals surface area contributed by atoms with Crippen LogP contribution in [-0.4, -0.2) is 16.2 Å². The Hall–Kier alpha value is -0.392. The Kier molecular flexibility index (Phi) is 16.5. The van der Waals surface area contributed by atoms with Crippen LogP contribution in [0.3, 0.4) is 0 Å². The zero-order chi connectivity index (χ0) is 13.9.